The summed E-state index contributed by atoms with van der Waals surface area (Å²) in [7, 11) is 0. The molecule has 0 saturated heterocycles. The van der Waals surface area contributed by atoms with E-state index in [2.05, 4.69) is 4.98 Å². The lowest BCUT2D eigenvalue weighted by atomic mass is 10.2. The highest BCUT2D eigenvalue weighted by atomic mass is 32.2. The van der Waals surface area contributed by atoms with Crippen LogP contribution in [0.15, 0.2) is 41.8 Å². The van der Waals surface area contributed by atoms with Gasteiger partial charge in [-0.25, -0.2) is 9.37 Å². The van der Waals surface area contributed by atoms with Crippen molar-refractivity contribution >= 4 is 17.7 Å². The molecular weight excluding hydrogens is 255 g/mol. The van der Waals surface area contributed by atoms with Gasteiger partial charge in [0.15, 0.2) is 5.16 Å². The second kappa shape index (κ2) is 5.68. The van der Waals surface area contributed by atoms with Crippen molar-refractivity contribution in [1.29, 1.82) is 0 Å². The van der Waals surface area contributed by atoms with Crippen molar-refractivity contribution in [2.24, 2.45) is 0 Å². The van der Waals surface area contributed by atoms with Crippen molar-refractivity contribution in [3.8, 4) is 0 Å². The molecule has 2 rings (SSSR count). The number of carboxylic acids is 1. The molecule has 0 aliphatic heterocycles. The number of nitrogens with zero attached hydrogens (tertiary/aromatic N) is 2. The number of rotatable bonds is 5. The van der Waals surface area contributed by atoms with E-state index < -0.39 is 5.97 Å². The number of aliphatic carboxylic acids is 1. The third-order valence-electron chi connectivity index (χ3n) is 2.27. The molecule has 4 nitrogen and oxygen atoms in total. The first kappa shape index (κ1) is 12.6. The highest BCUT2D eigenvalue weighted by Gasteiger charge is 2.06. The van der Waals surface area contributed by atoms with Crippen LogP contribution in [0.2, 0.25) is 0 Å². The molecule has 0 fully saturated rings. The largest absolute Gasteiger partial charge is 0.481 e. The minimum Gasteiger partial charge on any atom is -0.481 e. The molecule has 0 atom stereocenters. The Balaban J connectivity index is 2.07. The standard InChI is InChI=1S/C12H11FN2O2S/c13-10-3-1-9(2-4-10)7-15-6-5-14-12(15)18-8-11(16)17/h1-6H,7-8H2,(H,16,17). The van der Waals surface area contributed by atoms with Gasteiger partial charge in [0.2, 0.25) is 0 Å². The first-order valence-corrected chi connectivity index (χ1v) is 6.24. The fraction of sp³-hybridized carbons (Fsp3) is 0.167. The summed E-state index contributed by atoms with van der Waals surface area (Å²) in [6, 6.07) is 6.19. The molecule has 0 aliphatic carbocycles. The Labute approximate surface area is 107 Å². The van der Waals surface area contributed by atoms with E-state index in [4.69, 9.17) is 5.11 Å². The summed E-state index contributed by atoms with van der Waals surface area (Å²) in [5.74, 6) is -1.18. The van der Waals surface area contributed by atoms with Gasteiger partial charge in [-0.15, -0.1) is 0 Å². The lowest BCUT2D eigenvalue weighted by Gasteiger charge is -2.06. The van der Waals surface area contributed by atoms with Crippen LogP contribution in [0.25, 0.3) is 0 Å². The molecule has 2 aromatic rings. The third kappa shape index (κ3) is 3.33. The molecular formula is C12H11FN2O2S. The van der Waals surface area contributed by atoms with Gasteiger partial charge in [-0.05, 0) is 17.7 Å². The van der Waals surface area contributed by atoms with Gasteiger partial charge in [-0.1, -0.05) is 23.9 Å². The van der Waals surface area contributed by atoms with Crippen LogP contribution in [-0.4, -0.2) is 26.4 Å². The molecule has 1 aromatic carbocycles. The van der Waals surface area contributed by atoms with Crippen LogP contribution in [-0.2, 0) is 11.3 Å². The number of hydrogen-bond donors (Lipinski definition) is 1. The third-order valence-corrected chi connectivity index (χ3v) is 3.26. The van der Waals surface area contributed by atoms with E-state index in [9.17, 15) is 9.18 Å². The van der Waals surface area contributed by atoms with E-state index in [0.717, 1.165) is 17.3 Å². The summed E-state index contributed by atoms with van der Waals surface area (Å²) >= 11 is 1.16. The Bertz CT molecular complexity index is 539. The number of carboxylic acid groups (broad SMARTS) is 1. The molecule has 18 heavy (non-hydrogen) atoms. The first-order chi connectivity index (χ1) is 8.65. The van der Waals surface area contributed by atoms with Crippen molar-refractivity contribution < 1.29 is 14.3 Å². The van der Waals surface area contributed by atoms with Crippen molar-refractivity contribution in [1.82, 2.24) is 9.55 Å². The molecule has 0 saturated carbocycles. The summed E-state index contributed by atoms with van der Waals surface area (Å²) in [6.45, 7) is 0.544. The molecule has 0 spiro atoms. The molecule has 0 unspecified atom stereocenters. The average Bonchev–Trinajstić information content (AvgIpc) is 2.77. The van der Waals surface area contributed by atoms with Crippen LogP contribution in [0, 0.1) is 5.82 Å². The maximum atomic E-state index is 12.8. The average molecular weight is 266 g/mol. The lowest BCUT2D eigenvalue weighted by molar-refractivity contribution is -0.133. The molecule has 1 aromatic heterocycles. The Kier molecular flexibility index (Phi) is 3.99. The van der Waals surface area contributed by atoms with Gasteiger partial charge in [-0.3, -0.25) is 4.79 Å². The maximum Gasteiger partial charge on any atom is 0.313 e. The van der Waals surface area contributed by atoms with Gasteiger partial charge < -0.3 is 9.67 Å². The highest BCUT2D eigenvalue weighted by molar-refractivity contribution is 7.99. The zero-order valence-electron chi connectivity index (χ0n) is 9.41. The number of halogens is 1. The van der Waals surface area contributed by atoms with Crippen LogP contribution in [0.5, 0.6) is 0 Å². The van der Waals surface area contributed by atoms with E-state index in [1.807, 2.05) is 4.57 Å². The zero-order chi connectivity index (χ0) is 13.0. The predicted octanol–water partition coefficient (Wildman–Crippen LogP) is 2.25. The molecule has 6 heteroatoms. The summed E-state index contributed by atoms with van der Waals surface area (Å²) in [4.78, 5) is 14.6. The van der Waals surface area contributed by atoms with Crippen LogP contribution >= 0.6 is 11.8 Å². The maximum absolute atomic E-state index is 12.8. The topological polar surface area (TPSA) is 55.1 Å². The van der Waals surface area contributed by atoms with Crippen molar-refractivity contribution in [3.63, 3.8) is 0 Å². The summed E-state index contributed by atoms with van der Waals surface area (Å²) in [5.41, 5.74) is 0.937. The molecule has 1 N–H and O–H groups in total. The van der Waals surface area contributed by atoms with Crippen LogP contribution in [0.4, 0.5) is 4.39 Å². The number of aromatic nitrogens is 2. The number of imidazole rings is 1. The van der Waals surface area contributed by atoms with E-state index in [-0.39, 0.29) is 11.6 Å². The zero-order valence-corrected chi connectivity index (χ0v) is 10.2. The normalized spacial score (nSPS) is 10.5. The number of benzene rings is 1. The fourth-order valence-electron chi connectivity index (χ4n) is 1.47. The Morgan fingerprint density at radius 2 is 2.11 bits per heavy atom. The molecule has 1 heterocycles. The smallest absolute Gasteiger partial charge is 0.313 e. The van der Waals surface area contributed by atoms with E-state index in [0.29, 0.717) is 11.7 Å². The van der Waals surface area contributed by atoms with Crippen molar-refractivity contribution in [2.75, 3.05) is 5.75 Å². The van der Waals surface area contributed by atoms with Gasteiger partial charge >= 0.3 is 5.97 Å². The van der Waals surface area contributed by atoms with E-state index in [1.54, 1.807) is 24.5 Å². The summed E-state index contributed by atoms with van der Waals surface area (Å²) in [5, 5.41) is 9.26. The van der Waals surface area contributed by atoms with Gasteiger partial charge in [0.05, 0.1) is 5.75 Å². The monoisotopic (exact) mass is 266 g/mol. The molecule has 0 amide bonds. The molecule has 94 valence electrons. The van der Waals surface area contributed by atoms with Gasteiger partial charge in [0.1, 0.15) is 5.82 Å². The highest BCUT2D eigenvalue weighted by Crippen LogP contribution is 2.17. The first-order valence-electron chi connectivity index (χ1n) is 5.25. The Morgan fingerprint density at radius 1 is 1.39 bits per heavy atom. The number of hydrogen-bond acceptors (Lipinski definition) is 3. The van der Waals surface area contributed by atoms with Gasteiger partial charge in [0, 0.05) is 18.9 Å². The summed E-state index contributed by atoms with van der Waals surface area (Å²) in [6.07, 6.45) is 3.39. The van der Waals surface area contributed by atoms with Crippen LogP contribution in [0.1, 0.15) is 5.56 Å². The van der Waals surface area contributed by atoms with Gasteiger partial charge in [-0.2, -0.15) is 0 Å². The van der Waals surface area contributed by atoms with E-state index in [1.165, 1.54) is 12.1 Å². The van der Waals surface area contributed by atoms with Crippen LogP contribution in [0.3, 0.4) is 0 Å². The Morgan fingerprint density at radius 3 is 2.78 bits per heavy atom. The van der Waals surface area contributed by atoms with Crippen molar-refractivity contribution in [2.45, 2.75) is 11.7 Å². The molecule has 0 bridgehead atoms. The fourth-order valence-corrected chi connectivity index (χ4v) is 2.15. The Hall–Kier alpha value is -1.82. The summed E-state index contributed by atoms with van der Waals surface area (Å²) < 4.78 is 14.6. The lowest BCUT2D eigenvalue weighted by Crippen LogP contribution is -2.03. The minimum atomic E-state index is -0.878. The van der Waals surface area contributed by atoms with E-state index >= 15 is 0 Å². The SMILES string of the molecule is O=C(O)CSc1nccn1Cc1ccc(F)cc1. The number of carbonyl (C=O) groups is 1. The van der Waals surface area contributed by atoms with Crippen LogP contribution < -0.4 is 0 Å². The number of thioether (sulfide) groups is 1. The minimum absolute atomic E-state index is 0.0274. The van der Waals surface area contributed by atoms with Crippen molar-refractivity contribution in [3.05, 3.63) is 48.0 Å². The molecule has 0 radical (unpaired) electrons. The predicted molar refractivity (Wildman–Crippen MR) is 66.1 cm³/mol. The second-order valence-corrected chi connectivity index (χ2v) is 4.59. The molecule has 0 aliphatic rings. The second-order valence-electron chi connectivity index (χ2n) is 3.65. The quantitative estimate of drug-likeness (QED) is 0.843. The van der Waals surface area contributed by atoms with Gasteiger partial charge in [0.25, 0.3) is 0 Å².